The number of anilines is 1. The molecule has 1 heterocycles. The van der Waals surface area contributed by atoms with Gasteiger partial charge in [0.25, 0.3) is 0 Å². The molecule has 1 aromatic heterocycles. The number of hydrogen-bond acceptors (Lipinski definition) is 4. The van der Waals surface area contributed by atoms with Crippen molar-refractivity contribution in [3.8, 4) is 5.88 Å². The predicted molar refractivity (Wildman–Crippen MR) is 72.9 cm³/mol. The largest absolute Gasteiger partial charge is 0.474 e. The average Bonchev–Trinajstić information content (AvgIpc) is 2.33. The lowest BCUT2D eigenvalue weighted by Crippen LogP contribution is -2.29. The number of nitrogens with zero attached hydrogens (tertiary/aromatic N) is 2. The summed E-state index contributed by atoms with van der Waals surface area (Å²) in [7, 11) is 1.86. The van der Waals surface area contributed by atoms with Crippen LogP contribution < -0.4 is 10.1 Å². The van der Waals surface area contributed by atoms with Crippen molar-refractivity contribution in [1.82, 2.24) is 9.97 Å². The summed E-state index contributed by atoms with van der Waals surface area (Å²) < 4.78 is 6.01. The number of ether oxygens (including phenoxy) is 1. The second-order valence-electron chi connectivity index (χ2n) is 5.40. The highest BCUT2D eigenvalue weighted by atomic mass is 16.5. The van der Waals surface area contributed by atoms with E-state index in [2.05, 4.69) is 29.1 Å². The van der Waals surface area contributed by atoms with Crippen molar-refractivity contribution < 1.29 is 4.74 Å². The first kappa shape index (κ1) is 13.1. The normalized spacial score (nSPS) is 27.9. The van der Waals surface area contributed by atoms with Crippen LogP contribution in [0, 0.1) is 18.8 Å². The molecular formula is C14H23N3O. The second kappa shape index (κ2) is 5.55. The SMILES string of the molecule is CNc1cc(OC2CCC(C)C(C)C2)nc(C)n1. The van der Waals surface area contributed by atoms with Gasteiger partial charge in [0.1, 0.15) is 17.7 Å². The van der Waals surface area contributed by atoms with Crippen molar-refractivity contribution in [3.05, 3.63) is 11.9 Å². The van der Waals surface area contributed by atoms with Crippen molar-refractivity contribution in [3.63, 3.8) is 0 Å². The first-order chi connectivity index (χ1) is 8.58. The van der Waals surface area contributed by atoms with E-state index in [-0.39, 0.29) is 0 Å². The fourth-order valence-corrected chi connectivity index (χ4v) is 2.50. The van der Waals surface area contributed by atoms with Gasteiger partial charge >= 0.3 is 0 Å². The van der Waals surface area contributed by atoms with E-state index in [1.54, 1.807) is 0 Å². The van der Waals surface area contributed by atoms with Crippen LogP contribution in [0.4, 0.5) is 5.82 Å². The molecule has 0 bridgehead atoms. The zero-order chi connectivity index (χ0) is 13.1. The fraction of sp³-hybridized carbons (Fsp3) is 0.714. The molecule has 1 aliphatic rings. The highest BCUT2D eigenvalue weighted by molar-refractivity contribution is 5.37. The Morgan fingerprint density at radius 3 is 2.67 bits per heavy atom. The van der Waals surface area contributed by atoms with E-state index in [0.29, 0.717) is 12.0 Å². The molecule has 4 heteroatoms. The Kier molecular flexibility index (Phi) is 4.04. The smallest absolute Gasteiger partial charge is 0.218 e. The van der Waals surface area contributed by atoms with Crippen LogP contribution in [0.2, 0.25) is 0 Å². The molecule has 1 N–H and O–H groups in total. The molecule has 0 aromatic carbocycles. The molecule has 1 saturated carbocycles. The van der Waals surface area contributed by atoms with E-state index in [0.717, 1.165) is 36.3 Å². The van der Waals surface area contributed by atoms with E-state index in [1.165, 1.54) is 6.42 Å². The molecule has 0 amide bonds. The van der Waals surface area contributed by atoms with Gasteiger partial charge in [-0.25, -0.2) is 4.98 Å². The lowest BCUT2D eigenvalue weighted by Gasteiger charge is -2.31. The topological polar surface area (TPSA) is 47.0 Å². The summed E-state index contributed by atoms with van der Waals surface area (Å²) in [6.45, 7) is 6.53. The maximum Gasteiger partial charge on any atom is 0.218 e. The number of rotatable bonds is 3. The van der Waals surface area contributed by atoms with Crippen LogP contribution in [0.1, 0.15) is 38.9 Å². The summed E-state index contributed by atoms with van der Waals surface area (Å²) in [4.78, 5) is 8.62. The quantitative estimate of drug-likeness (QED) is 0.894. The molecule has 1 aromatic rings. The van der Waals surface area contributed by atoms with Crippen molar-refractivity contribution in [2.24, 2.45) is 11.8 Å². The molecule has 2 rings (SSSR count). The summed E-state index contributed by atoms with van der Waals surface area (Å²) in [5, 5.41) is 3.03. The van der Waals surface area contributed by atoms with E-state index < -0.39 is 0 Å². The predicted octanol–water partition coefficient (Wildman–Crippen LogP) is 3.03. The molecule has 100 valence electrons. The van der Waals surface area contributed by atoms with Gasteiger partial charge in [-0.2, -0.15) is 4.98 Å². The Morgan fingerprint density at radius 2 is 2.00 bits per heavy atom. The zero-order valence-corrected chi connectivity index (χ0v) is 11.7. The Labute approximate surface area is 109 Å². The second-order valence-corrected chi connectivity index (χ2v) is 5.40. The molecule has 4 nitrogen and oxygen atoms in total. The van der Waals surface area contributed by atoms with Gasteiger partial charge in [-0.15, -0.1) is 0 Å². The molecule has 1 fully saturated rings. The summed E-state index contributed by atoms with van der Waals surface area (Å²) in [5.74, 6) is 3.79. The molecule has 3 unspecified atom stereocenters. The summed E-state index contributed by atoms with van der Waals surface area (Å²) in [6.07, 6.45) is 3.80. The first-order valence-corrected chi connectivity index (χ1v) is 6.78. The molecule has 3 atom stereocenters. The molecule has 0 saturated heterocycles. The van der Waals surface area contributed by atoms with E-state index in [9.17, 15) is 0 Å². The van der Waals surface area contributed by atoms with Crippen molar-refractivity contribution in [2.45, 2.75) is 46.1 Å². The average molecular weight is 249 g/mol. The van der Waals surface area contributed by atoms with Crippen LogP contribution in [0.5, 0.6) is 5.88 Å². The van der Waals surface area contributed by atoms with Gasteiger partial charge in [-0.3, -0.25) is 0 Å². The minimum atomic E-state index is 0.301. The third kappa shape index (κ3) is 3.12. The molecule has 1 aliphatic carbocycles. The summed E-state index contributed by atoms with van der Waals surface area (Å²) in [6, 6.07) is 1.87. The number of aryl methyl sites for hydroxylation is 1. The molecule has 18 heavy (non-hydrogen) atoms. The highest BCUT2D eigenvalue weighted by Crippen LogP contribution is 2.31. The number of aromatic nitrogens is 2. The van der Waals surface area contributed by atoms with Crippen LogP contribution in [0.15, 0.2) is 6.07 Å². The van der Waals surface area contributed by atoms with E-state index in [4.69, 9.17) is 4.74 Å². The van der Waals surface area contributed by atoms with Crippen molar-refractivity contribution in [1.29, 1.82) is 0 Å². The number of nitrogens with one attached hydrogen (secondary N) is 1. The molecular weight excluding hydrogens is 226 g/mol. The van der Waals surface area contributed by atoms with Gasteiger partial charge in [0.15, 0.2) is 0 Å². The third-order valence-corrected chi connectivity index (χ3v) is 3.91. The zero-order valence-electron chi connectivity index (χ0n) is 11.7. The monoisotopic (exact) mass is 249 g/mol. The van der Waals surface area contributed by atoms with Crippen LogP contribution in [-0.2, 0) is 0 Å². The summed E-state index contributed by atoms with van der Waals surface area (Å²) in [5.41, 5.74) is 0. The van der Waals surface area contributed by atoms with Crippen LogP contribution in [-0.4, -0.2) is 23.1 Å². The Balaban J connectivity index is 2.03. The van der Waals surface area contributed by atoms with Gasteiger partial charge < -0.3 is 10.1 Å². The lowest BCUT2D eigenvalue weighted by atomic mass is 9.80. The van der Waals surface area contributed by atoms with Crippen LogP contribution in [0.3, 0.4) is 0 Å². The number of hydrogen-bond donors (Lipinski definition) is 1. The van der Waals surface area contributed by atoms with Crippen molar-refractivity contribution >= 4 is 5.82 Å². The van der Waals surface area contributed by atoms with Gasteiger partial charge in [0.05, 0.1) is 0 Å². The third-order valence-electron chi connectivity index (χ3n) is 3.91. The minimum absolute atomic E-state index is 0.301. The highest BCUT2D eigenvalue weighted by Gasteiger charge is 2.26. The minimum Gasteiger partial charge on any atom is -0.474 e. The Hall–Kier alpha value is -1.32. The Bertz CT molecular complexity index is 408. The molecule has 0 radical (unpaired) electrons. The van der Waals surface area contributed by atoms with E-state index in [1.807, 2.05) is 20.0 Å². The summed E-state index contributed by atoms with van der Waals surface area (Å²) >= 11 is 0. The van der Waals surface area contributed by atoms with Crippen LogP contribution in [0.25, 0.3) is 0 Å². The van der Waals surface area contributed by atoms with Crippen molar-refractivity contribution in [2.75, 3.05) is 12.4 Å². The Morgan fingerprint density at radius 1 is 1.22 bits per heavy atom. The van der Waals surface area contributed by atoms with Gasteiger partial charge in [0.2, 0.25) is 5.88 Å². The molecule has 0 spiro atoms. The van der Waals surface area contributed by atoms with E-state index >= 15 is 0 Å². The van der Waals surface area contributed by atoms with Gasteiger partial charge in [0, 0.05) is 13.1 Å². The lowest BCUT2D eigenvalue weighted by molar-refractivity contribution is 0.0962. The standard InChI is InChI=1S/C14H23N3O/c1-9-5-6-12(7-10(9)2)18-14-8-13(15-4)16-11(3)17-14/h8-10,12H,5-7H2,1-4H3,(H,15,16,17). The maximum atomic E-state index is 6.01. The fourth-order valence-electron chi connectivity index (χ4n) is 2.50. The molecule has 0 aliphatic heterocycles. The first-order valence-electron chi connectivity index (χ1n) is 6.78. The van der Waals surface area contributed by atoms with Gasteiger partial charge in [-0.05, 0) is 38.0 Å². The maximum absolute atomic E-state index is 6.01. The van der Waals surface area contributed by atoms with Gasteiger partial charge in [-0.1, -0.05) is 13.8 Å². The van der Waals surface area contributed by atoms with Crippen LogP contribution >= 0.6 is 0 Å².